The van der Waals surface area contributed by atoms with E-state index in [-0.39, 0.29) is 16.7 Å². The highest BCUT2D eigenvalue weighted by atomic mass is 32.2. The van der Waals surface area contributed by atoms with Crippen LogP contribution in [0.4, 0.5) is 5.13 Å². The molecule has 1 aromatic rings. The van der Waals surface area contributed by atoms with Crippen molar-refractivity contribution in [3.63, 3.8) is 0 Å². The molecular formula is C19H30N4OS2. The lowest BCUT2D eigenvalue weighted by atomic mass is 9.53. The summed E-state index contributed by atoms with van der Waals surface area (Å²) in [5, 5.41) is 15.9. The van der Waals surface area contributed by atoms with Crippen LogP contribution in [0.25, 0.3) is 0 Å². The molecule has 0 aliphatic heterocycles. The molecule has 2 N–H and O–H groups in total. The fourth-order valence-electron chi connectivity index (χ4n) is 5.45. The number of carbonyl (C=O) groups is 1. The van der Waals surface area contributed by atoms with E-state index < -0.39 is 0 Å². The van der Waals surface area contributed by atoms with Gasteiger partial charge < -0.3 is 10.6 Å². The van der Waals surface area contributed by atoms with Gasteiger partial charge in [0.1, 0.15) is 0 Å². The molecule has 4 fully saturated rings. The third-order valence-corrected chi connectivity index (χ3v) is 8.21. The Morgan fingerprint density at radius 1 is 1.15 bits per heavy atom. The average Bonchev–Trinajstić information content (AvgIpc) is 2.98. The lowest BCUT2D eigenvalue weighted by molar-refractivity contribution is -0.126. The smallest absolute Gasteiger partial charge is 0.233 e. The fraction of sp³-hybridized carbons (Fsp3) is 0.842. The Bertz CT molecular complexity index is 624. The van der Waals surface area contributed by atoms with Crippen LogP contribution in [0.3, 0.4) is 0 Å². The molecule has 0 spiro atoms. The molecule has 1 heterocycles. The van der Waals surface area contributed by atoms with Crippen LogP contribution in [0.5, 0.6) is 0 Å². The van der Waals surface area contributed by atoms with Crippen LogP contribution < -0.4 is 10.6 Å². The first-order valence-electron chi connectivity index (χ1n) is 9.97. The first-order valence-corrected chi connectivity index (χ1v) is 11.7. The third-order valence-electron chi connectivity index (χ3n) is 6.14. The quantitative estimate of drug-likeness (QED) is 0.679. The summed E-state index contributed by atoms with van der Waals surface area (Å²) in [6, 6.07) is 0. The molecule has 7 heteroatoms. The van der Waals surface area contributed by atoms with Crippen LogP contribution >= 0.6 is 23.1 Å². The molecule has 0 aromatic carbocycles. The van der Waals surface area contributed by atoms with E-state index in [2.05, 4.69) is 34.7 Å². The predicted octanol–water partition coefficient (Wildman–Crippen LogP) is 4.17. The summed E-state index contributed by atoms with van der Waals surface area (Å²) in [7, 11) is 0. The van der Waals surface area contributed by atoms with Crippen molar-refractivity contribution in [3.05, 3.63) is 0 Å². The zero-order valence-electron chi connectivity index (χ0n) is 16.0. The number of nitrogens with zero attached hydrogens (tertiary/aromatic N) is 2. The summed E-state index contributed by atoms with van der Waals surface area (Å²) >= 11 is 3.07. The van der Waals surface area contributed by atoms with Gasteiger partial charge in [0, 0.05) is 12.1 Å². The zero-order chi connectivity index (χ0) is 18.3. The normalized spacial score (nSPS) is 33.5. The second-order valence-electron chi connectivity index (χ2n) is 9.10. The summed E-state index contributed by atoms with van der Waals surface area (Å²) in [4.78, 5) is 12.9. The molecule has 1 amide bonds. The maximum Gasteiger partial charge on any atom is 0.233 e. The van der Waals surface area contributed by atoms with Gasteiger partial charge in [-0.1, -0.05) is 36.9 Å². The van der Waals surface area contributed by atoms with Crippen LogP contribution in [0.1, 0.15) is 59.3 Å². The highest BCUT2D eigenvalue weighted by Gasteiger charge is 2.51. The first-order chi connectivity index (χ1) is 12.4. The van der Waals surface area contributed by atoms with Crippen molar-refractivity contribution >= 4 is 34.1 Å². The zero-order valence-corrected chi connectivity index (χ0v) is 17.6. The number of aromatic nitrogens is 2. The SMILES string of the molecule is CC(C)CNc1nnc(S[C@@H](C)C(=O)NC23CC4CC(CC(C4)C2)C3)s1. The second-order valence-corrected chi connectivity index (χ2v) is 11.7. The van der Waals surface area contributed by atoms with E-state index >= 15 is 0 Å². The highest BCUT2D eigenvalue weighted by molar-refractivity contribution is 8.02. The van der Waals surface area contributed by atoms with Crippen LogP contribution in [-0.2, 0) is 4.79 Å². The Labute approximate surface area is 164 Å². The molecule has 0 radical (unpaired) electrons. The minimum atomic E-state index is -0.131. The van der Waals surface area contributed by atoms with Gasteiger partial charge in [-0.05, 0) is 69.1 Å². The molecule has 4 aliphatic carbocycles. The summed E-state index contributed by atoms with van der Waals surface area (Å²) in [6.45, 7) is 7.21. The van der Waals surface area contributed by atoms with E-state index in [1.165, 1.54) is 50.3 Å². The molecule has 4 aliphatic rings. The molecule has 5 rings (SSSR count). The number of hydrogen-bond donors (Lipinski definition) is 2. The van der Waals surface area contributed by atoms with Crippen LogP contribution in [0, 0.1) is 23.7 Å². The number of thioether (sulfide) groups is 1. The van der Waals surface area contributed by atoms with Gasteiger partial charge in [-0.15, -0.1) is 10.2 Å². The van der Waals surface area contributed by atoms with Crippen LogP contribution in [-0.4, -0.2) is 33.4 Å². The van der Waals surface area contributed by atoms with E-state index in [1.54, 1.807) is 11.3 Å². The Morgan fingerprint density at radius 3 is 2.35 bits per heavy atom. The molecular weight excluding hydrogens is 364 g/mol. The van der Waals surface area contributed by atoms with Gasteiger partial charge in [-0.2, -0.15) is 0 Å². The number of carbonyl (C=O) groups excluding carboxylic acids is 1. The van der Waals surface area contributed by atoms with Gasteiger partial charge in [0.25, 0.3) is 0 Å². The molecule has 1 atom stereocenters. The molecule has 4 saturated carbocycles. The second kappa shape index (κ2) is 7.30. The minimum absolute atomic E-state index is 0.0890. The Kier molecular flexibility index (Phi) is 5.21. The maximum atomic E-state index is 12.9. The predicted molar refractivity (Wildman–Crippen MR) is 108 cm³/mol. The Hall–Kier alpha value is -0.820. The highest BCUT2D eigenvalue weighted by Crippen LogP contribution is 2.55. The number of hydrogen-bond acceptors (Lipinski definition) is 6. The number of amides is 1. The number of nitrogens with one attached hydrogen (secondary N) is 2. The van der Waals surface area contributed by atoms with Crippen molar-refractivity contribution in [1.29, 1.82) is 0 Å². The van der Waals surface area contributed by atoms with Gasteiger partial charge in [0.05, 0.1) is 5.25 Å². The van der Waals surface area contributed by atoms with E-state index in [0.717, 1.165) is 33.8 Å². The molecule has 0 unspecified atom stereocenters. The van der Waals surface area contributed by atoms with Crippen molar-refractivity contribution in [2.75, 3.05) is 11.9 Å². The monoisotopic (exact) mass is 394 g/mol. The van der Waals surface area contributed by atoms with Crippen molar-refractivity contribution in [3.8, 4) is 0 Å². The van der Waals surface area contributed by atoms with Gasteiger partial charge in [-0.25, -0.2) is 0 Å². The Balaban J connectivity index is 1.32. The third kappa shape index (κ3) is 4.03. The van der Waals surface area contributed by atoms with Crippen molar-refractivity contribution in [2.24, 2.45) is 23.7 Å². The van der Waals surface area contributed by atoms with Gasteiger partial charge in [0.15, 0.2) is 4.34 Å². The lowest BCUT2D eigenvalue weighted by Gasteiger charge is -2.57. The van der Waals surface area contributed by atoms with Gasteiger partial charge >= 0.3 is 0 Å². The first kappa shape index (κ1) is 18.5. The lowest BCUT2D eigenvalue weighted by Crippen LogP contribution is -2.60. The molecule has 4 bridgehead atoms. The van der Waals surface area contributed by atoms with Crippen molar-refractivity contribution in [2.45, 2.75) is 74.4 Å². The molecule has 26 heavy (non-hydrogen) atoms. The Morgan fingerprint density at radius 2 is 1.77 bits per heavy atom. The van der Waals surface area contributed by atoms with Gasteiger partial charge in [0.2, 0.25) is 11.0 Å². The van der Waals surface area contributed by atoms with Crippen molar-refractivity contribution in [1.82, 2.24) is 15.5 Å². The summed E-state index contributed by atoms with van der Waals surface area (Å²) < 4.78 is 0.865. The molecule has 144 valence electrons. The van der Waals surface area contributed by atoms with E-state index in [4.69, 9.17) is 0 Å². The summed E-state index contributed by atoms with van der Waals surface area (Å²) in [6.07, 6.45) is 7.79. The molecule has 1 aromatic heterocycles. The van der Waals surface area contributed by atoms with Gasteiger partial charge in [-0.3, -0.25) is 4.79 Å². The topological polar surface area (TPSA) is 66.9 Å². The van der Waals surface area contributed by atoms with Crippen LogP contribution in [0.2, 0.25) is 0 Å². The summed E-state index contributed by atoms with van der Waals surface area (Å²) in [5.74, 6) is 3.29. The summed E-state index contributed by atoms with van der Waals surface area (Å²) in [5.41, 5.74) is 0.0890. The number of anilines is 1. The largest absolute Gasteiger partial charge is 0.360 e. The fourth-order valence-corrected chi connectivity index (χ4v) is 7.35. The minimum Gasteiger partial charge on any atom is -0.360 e. The number of rotatable bonds is 7. The average molecular weight is 395 g/mol. The van der Waals surface area contributed by atoms with Crippen molar-refractivity contribution < 1.29 is 4.79 Å². The standard InChI is InChI=1S/C19H30N4OS2/c1-11(2)10-20-17-22-23-18(26-17)25-12(3)16(24)21-19-7-13-4-14(8-19)6-15(5-13)9-19/h11-15H,4-10H2,1-3H3,(H,20,22)(H,21,24)/t12-,13?,14?,15?,19?/m0/s1. The maximum absolute atomic E-state index is 12.9. The van der Waals surface area contributed by atoms with E-state index in [1.807, 2.05) is 6.92 Å². The molecule has 5 nitrogen and oxygen atoms in total. The van der Waals surface area contributed by atoms with E-state index in [0.29, 0.717) is 5.92 Å². The molecule has 0 saturated heterocycles. The van der Waals surface area contributed by atoms with Crippen LogP contribution in [0.15, 0.2) is 4.34 Å². The van der Waals surface area contributed by atoms with E-state index in [9.17, 15) is 4.79 Å².